The van der Waals surface area contributed by atoms with E-state index >= 15 is 0 Å². The second kappa shape index (κ2) is 8.31. The quantitative estimate of drug-likeness (QED) is 0.795. The molecule has 6 nitrogen and oxygen atoms in total. The standard InChI is InChI=1S/C21H24N2O4/c24-21(17-5-8-19-20(14-17)27-15-26-19)22-9-1-2-16-3-6-18(7-4-16)23-10-12-25-13-11-23/h3-8,14H,1-2,9-13,15H2,(H,22,24). The van der Waals surface area contributed by atoms with Crippen LogP contribution < -0.4 is 19.7 Å². The molecule has 1 fully saturated rings. The molecule has 2 aliphatic heterocycles. The highest BCUT2D eigenvalue weighted by molar-refractivity contribution is 5.94. The summed E-state index contributed by atoms with van der Waals surface area (Å²) in [5.41, 5.74) is 3.12. The fourth-order valence-corrected chi connectivity index (χ4v) is 3.33. The molecule has 2 aromatic rings. The van der Waals surface area contributed by atoms with Gasteiger partial charge in [-0.25, -0.2) is 0 Å². The van der Waals surface area contributed by atoms with Crippen molar-refractivity contribution in [3.8, 4) is 11.5 Å². The van der Waals surface area contributed by atoms with Crippen LogP contribution in [-0.2, 0) is 11.2 Å². The first-order valence-electron chi connectivity index (χ1n) is 9.39. The third kappa shape index (κ3) is 4.34. The van der Waals surface area contributed by atoms with Gasteiger partial charge in [-0.1, -0.05) is 12.1 Å². The number of hydrogen-bond donors (Lipinski definition) is 1. The largest absolute Gasteiger partial charge is 0.454 e. The maximum atomic E-state index is 12.3. The lowest BCUT2D eigenvalue weighted by atomic mass is 10.1. The molecule has 0 aliphatic carbocycles. The lowest BCUT2D eigenvalue weighted by molar-refractivity contribution is 0.0952. The number of rotatable bonds is 6. The van der Waals surface area contributed by atoms with Crippen molar-refractivity contribution in [1.82, 2.24) is 5.32 Å². The monoisotopic (exact) mass is 368 g/mol. The van der Waals surface area contributed by atoms with Crippen molar-refractivity contribution in [2.24, 2.45) is 0 Å². The predicted molar refractivity (Wildman–Crippen MR) is 103 cm³/mol. The number of aryl methyl sites for hydroxylation is 1. The van der Waals surface area contributed by atoms with Crippen LogP contribution in [0.4, 0.5) is 5.69 Å². The average molecular weight is 368 g/mol. The van der Waals surface area contributed by atoms with Gasteiger partial charge in [-0.05, 0) is 48.7 Å². The Morgan fingerprint density at radius 1 is 1.00 bits per heavy atom. The van der Waals surface area contributed by atoms with Gasteiger partial charge in [0.1, 0.15) is 0 Å². The molecule has 1 N–H and O–H groups in total. The number of ether oxygens (including phenoxy) is 3. The average Bonchev–Trinajstić information content (AvgIpc) is 3.20. The highest BCUT2D eigenvalue weighted by Crippen LogP contribution is 2.32. The van der Waals surface area contributed by atoms with Crippen LogP contribution in [0, 0.1) is 0 Å². The number of hydrogen-bond acceptors (Lipinski definition) is 5. The van der Waals surface area contributed by atoms with E-state index in [0.717, 1.165) is 39.1 Å². The molecule has 0 radical (unpaired) electrons. The molecule has 1 amide bonds. The molecular formula is C21H24N2O4. The molecule has 0 spiro atoms. The Bertz CT molecular complexity index is 785. The number of fused-ring (bicyclic) bond motifs is 1. The molecule has 0 saturated carbocycles. The van der Waals surface area contributed by atoms with Crippen LogP contribution >= 0.6 is 0 Å². The van der Waals surface area contributed by atoms with Crippen LogP contribution in [0.3, 0.4) is 0 Å². The van der Waals surface area contributed by atoms with E-state index in [1.807, 2.05) is 0 Å². The molecule has 27 heavy (non-hydrogen) atoms. The Morgan fingerprint density at radius 2 is 1.78 bits per heavy atom. The van der Waals surface area contributed by atoms with Gasteiger partial charge in [0.15, 0.2) is 11.5 Å². The van der Waals surface area contributed by atoms with Gasteiger partial charge in [-0.15, -0.1) is 0 Å². The summed E-state index contributed by atoms with van der Waals surface area (Å²) < 4.78 is 16.0. The molecular weight excluding hydrogens is 344 g/mol. The van der Waals surface area contributed by atoms with Crippen LogP contribution in [0.15, 0.2) is 42.5 Å². The summed E-state index contributed by atoms with van der Waals surface area (Å²) >= 11 is 0. The number of nitrogens with one attached hydrogen (secondary N) is 1. The number of anilines is 1. The van der Waals surface area contributed by atoms with Crippen molar-refractivity contribution < 1.29 is 19.0 Å². The van der Waals surface area contributed by atoms with E-state index in [4.69, 9.17) is 14.2 Å². The molecule has 2 heterocycles. The van der Waals surface area contributed by atoms with Crippen LogP contribution in [0.1, 0.15) is 22.3 Å². The normalized spacial score (nSPS) is 15.6. The van der Waals surface area contributed by atoms with E-state index in [1.54, 1.807) is 18.2 Å². The molecule has 4 rings (SSSR count). The third-order valence-corrected chi connectivity index (χ3v) is 4.88. The van der Waals surface area contributed by atoms with Crippen molar-refractivity contribution in [1.29, 1.82) is 0 Å². The van der Waals surface area contributed by atoms with Crippen LogP contribution in [-0.4, -0.2) is 45.5 Å². The Morgan fingerprint density at radius 3 is 2.59 bits per heavy atom. The smallest absolute Gasteiger partial charge is 0.251 e. The van der Waals surface area contributed by atoms with Crippen LogP contribution in [0.25, 0.3) is 0 Å². The van der Waals surface area contributed by atoms with Gasteiger partial charge in [0.05, 0.1) is 13.2 Å². The summed E-state index contributed by atoms with van der Waals surface area (Å²) in [5.74, 6) is 1.23. The van der Waals surface area contributed by atoms with Gasteiger partial charge in [-0.2, -0.15) is 0 Å². The fraction of sp³-hybridized carbons (Fsp3) is 0.381. The first-order chi connectivity index (χ1) is 13.3. The number of morpholine rings is 1. The van der Waals surface area contributed by atoms with Gasteiger partial charge in [0.25, 0.3) is 5.91 Å². The van der Waals surface area contributed by atoms with Gasteiger partial charge in [0, 0.05) is 30.9 Å². The topological polar surface area (TPSA) is 60.0 Å². The molecule has 6 heteroatoms. The maximum Gasteiger partial charge on any atom is 0.251 e. The van der Waals surface area contributed by atoms with E-state index in [-0.39, 0.29) is 12.7 Å². The highest BCUT2D eigenvalue weighted by atomic mass is 16.7. The summed E-state index contributed by atoms with van der Waals surface area (Å²) in [6.07, 6.45) is 1.83. The Hall–Kier alpha value is -2.73. The summed E-state index contributed by atoms with van der Waals surface area (Å²) in [6, 6.07) is 13.9. The molecule has 2 aliphatic rings. The fourth-order valence-electron chi connectivity index (χ4n) is 3.33. The zero-order valence-electron chi connectivity index (χ0n) is 15.3. The highest BCUT2D eigenvalue weighted by Gasteiger charge is 2.16. The molecule has 2 aromatic carbocycles. The molecule has 1 saturated heterocycles. The van der Waals surface area contributed by atoms with Crippen molar-refractivity contribution in [2.75, 3.05) is 44.5 Å². The van der Waals surface area contributed by atoms with E-state index in [2.05, 4.69) is 34.5 Å². The van der Waals surface area contributed by atoms with Gasteiger partial charge in [-0.3, -0.25) is 4.79 Å². The lowest BCUT2D eigenvalue weighted by Crippen LogP contribution is -2.36. The second-order valence-electron chi connectivity index (χ2n) is 6.69. The minimum Gasteiger partial charge on any atom is -0.454 e. The van der Waals surface area contributed by atoms with E-state index in [0.29, 0.717) is 23.6 Å². The number of carbonyl (C=O) groups is 1. The Kier molecular flexibility index (Phi) is 5.44. The van der Waals surface area contributed by atoms with Gasteiger partial charge < -0.3 is 24.4 Å². The molecule has 0 bridgehead atoms. The molecule has 0 aromatic heterocycles. The SMILES string of the molecule is O=C(NCCCc1ccc(N2CCOCC2)cc1)c1ccc2c(c1)OCO2. The number of nitrogens with zero attached hydrogens (tertiary/aromatic N) is 1. The first kappa shape index (κ1) is 17.7. The Labute approximate surface area is 159 Å². The third-order valence-electron chi connectivity index (χ3n) is 4.88. The lowest BCUT2D eigenvalue weighted by Gasteiger charge is -2.28. The van der Waals surface area contributed by atoms with Crippen molar-refractivity contribution in [3.63, 3.8) is 0 Å². The van der Waals surface area contributed by atoms with Crippen molar-refractivity contribution >= 4 is 11.6 Å². The zero-order chi connectivity index (χ0) is 18.5. The number of carbonyl (C=O) groups excluding carboxylic acids is 1. The van der Waals surface area contributed by atoms with Crippen molar-refractivity contribution in [2.45, 2.75) is 12.8 Å². The van der Waals surface area contributed by atoms with Crippen LogP contribution in [0.2, 0.25) is 0 Å². The van der Waals surface area contributed by atoms with Crippen LogP contribution in [0.5, 0.6) is 11.5 Å². The zero-order valence-corrected chi connectivity index (χ0v) is 15.3. The first-order valence-corrected chi connectivity index (χ1v) is 9.39. The van der Waals surface area contributed by atoms with E-state index in [1.165, 1.54) is 11.3 Å². The number of amides is 1. The molecule has 142 valence electrons. The summed E-state index contributed by atoms with van der Waals surface area (Å²) in [4.78, 5) is 14.6. The van der Waals surface area contributed by atoms with E-state index in [9.17, 15) is 4.79 Å². The molecule has 0 unspecified atom stereocenters. The van der Waals surface area contributed by atoms with Crippen molar-refractivity contribution in [3.05, 3.63) is 53.6 Å². The Balaban J connectivity index is 1.22. The van der Waals surface area contributed by atoms with Gasteiger partial charge >= 0.3 is 0 Å². The second-order valence-corrected chi connectivity index (χ2v) is 6.69. The predicted octanol–water partition coefficient (Wildman–Crippen LogP) is 2.61. The maximum absolute atomic E-state index is 12.3. The minimum absolute atomic E-state index is 0.0871. The van der Waals surface area contributed by atoms with Gasteiger partial charge in [0.2, 0.25) is 6.79 Å². The summed E-state index contributed by atoms with van der Waals surface area (Å²) in [5, 5.41) is 2.97. The summed E-state index contributed by atoms with van der Waals surface area (Å²) in [6.45, 7) is 4.34. The van der Waals surface area contributed by atoms with E-state index < -0.39 is 0 Å². The number of benzene rings is 2. The molecule has 0 atom stereocenters. The minimum atomic E-state index is -0.0871. The summed E-state index contributed by atoms with van der Waals surface area (Å²) in [7, 11) is 0.